The van der Waals surface area contributed by atoms with Gasteiger partial charge in [0.2, 0.25) is 0 Å². The third-order valence-electron chi connectivity index (χ3n) is 2.27. The zero-order valence-corrected chi connectivity index (χ0v) is 9.44. The molecular weight excluding hydrogens is 214 g/mol. The van der Waals surface area contributed by atoms with Gasteiger partial charge in [0.15, 0.2) is 0 Å². The topological polar surface area (TPSA) is 38.3 Å². The molecule has 85 valence electrons. The van der Waals surface area contributed by atoms with Crippen molar-refractivity contribution in [2.24, 2.45) is 0 Å². The van der Waals surface area contributed by atoms with Crippen LogP contribution in [0.15, 0.2) is 48.5 Å². The Morgan fingerprint density at radius 3 is 2.71 bits per heavy atom. The van der Waals surface area contributed by atoms with E-state index >= 15 is 0 Å². The van der Waals surface area contributed by atoms with Crippen molar-refractivity contribution < 1.29 is 9.53 Å². The van der Waals surface area contributed by atoms with Gasteiger partial charge in [-0.1, -0.05) is 30.3 Å². The summed E-state index contributed by atoms with van der Waals surface area (Å²) in [6.45, 7) is 1.91. The lowest BCUT2D eigenvalue weighted by Crippen LogP contribution is -2.17. The number of carbonyl (C=O) groups is 1. The molecule has 3 heteroatoms. The Morgan fingerprint density at radius 2 is 2.00 bits per heavy atom. The molecule has 3 nitrogen and oxygen atoms in total. The van der Waals surface area contributed by atoms with Crippen molar-refractivity contribution in [3.63, 3.8) is 0 Å². The molecule has 1 amide bonds. The molecule has 0 bridgehead atoms. The number of ether oxygens (including phenoxy) is 1. The van der Waals surface area contributed by atoms with Crippen molar-refractivity contribution in [1.82, 2.24) is 0 Å². The minimum atomic E-state index is -0.501. The number of rotatable bonds is 2. The molecule has 0 spiro atoms. The lowest BCUT2D eigenvalue weighted by molar-refractivity contribution is 0.215. The fourth-order valence-corrected chi connectivity index (χ4v) is 1.37. The molecule has 0 saturated carbocycles. The third-order valence-corrected chi connectivity index (χ3v) is 2.27. The van der Waals surface area contributed by atoms with E-state index in [1.165, 1.54) is 0 Å². The molecule has 0 aliphatic heterocycles. The first-order valence-electron chi connectivity index (χ1n) is 5.26. The molecule has 0 saturated heterocycles. The van der Waals surface area contributed by atoms with Crippen LogP contribution in [0, 0.1) is 13.0 Å². The first kappa shape index (κ1) is 11.2. The van der Waals surface area contributed by atoms with E-state index in [-0.39, 0.29) is 0 Å². The van der Waals surface area contributed by atoms with Gasteiger partial charge in [-0.05, 0) is 36.8 Å². The maximum Gasteiger partial charge on any atom is 0.417 e. The van der Waals surface area contributed by atoms with E-state index in [9.17, 15) is 4.79 Å². The van der Waals surface area contributed by atoms with E-state index < -0.39 is 6.09 Å². The van der Waals surface area contributed by atoms with Crippen molar-refractivity contribution in [2.45, 2.75) is 6.92 Å². The number of benzene rings is 2. The predicted octanol–water partition coefficient (Wildman–Crippen LogP) is 3.41. The van der Waals surface area contributed by atoms with Gasteiger partial charge in [-0.25, -0.2) is 4.79 Å². The Morgan fingerprint density at radius 1 is 1.24 bits per heavy atom. The second-order valence-electron chi connectivity index (χ2n) is 3.57. The molecule has 17 heavy (non-hydrogen) atoms. The number of anilines is 1. The van der Waals surface area contributed by atoms with Crippen molar-refractivity contribution >= 4 is 11.8 Å². The number of hydrogen-bond donors (Lipinski definition) is 1. The van der Waals surface area contributed by atoms with Gasteiger partial charge in [-0.15, -0.1) is 0 Å². The Hall–Kier alpha value is -2.29. The van der Waals surface area contributed by atoms with Crippen LogP contribution in [0.25, 0.3) is 0 Å². The van der Waals surface area contributed by atoms with Crippen LogP contribution in [0.3, 0.4) is 0 Å². The average molecular weight is 226 g/mol. The van der Waals surface area contributed by atoms with Crippen LogP contribution >= 0.6 is 0 Å². The first-order valence-corrected chi connectivity index (χ1v) is 5.26. The number of nitrogens with one attached hydrogen (secondary N) is 1. The molecule has 2 aromatic carbocycles. The number of para-hydroxylation sites is 1. The van der Waals surface area contributed by atoms with Crippen LogP contribution in [0.5, 0.6) is 5.75 Å². The molecule has 0 aromatic heterocycles. The Bertz CT molecular complexity index is 509. The fourth-order valence-electron chi connectivity index (χ4n) is 1.37. The molecule has 0 atom stereocenters. The highest BCUT2D eigenvalue weighted by atomic mass is 16.6. The third kappa shape index (κ3) is 3.08. The minimum absolute atomic E-state index is 0.501. The molecule has 0 fully saturated rings. The summed E-state index contributed by atoms with van der Waals surface area (Å²) in [4.78, 5) is 11.6. The summed E-state index contributed by atoms with van der Waals surface area (Å²) in [6.07, 6.45) is -0.501. The van der Waals surface area contributed by atoms with Crippen LogP contribution in [0.4, 0.5) is 10.5 Å². The van der Waals surface area contributed by atoms with E-state index in [1.807, 2.05) is 31.2 Å². The quantitative estimate of drug-likeness (QED) is 0.852. The summed E-state index contributed by atoms with van der Waals surface area (Å²) in [7, 11) is 0. The average Bonchev–Trinajstić information content (AvgIpc) is 2.33. The summed E-state index contributed by atoms with van der Waals surface area (Å²) >= 11 is 0. The summed E-state index contributed by atoms with van der Waals surface area (Å²) in [5, 5.41) is 2.67. The van der Waals surface area contributed by atoms with Gasteiger partial charge in [-0.2, -0.15) is 0 Å². The molecule has 0 aliphatic carbocycles. The van der Waals surface area contributed by atoms with Crippen LogP contribution < -0.4 is 10.1 Å². The summed E-state index contributed by atoms with van der Waals surface area (Å²) in [5.41, 5.74) is 1.67. The van der Waals surface area contributed by atoms with E-state index in [4.69, 9.17) is 4.74 Å². The van der Waals surface area contributed by atoms with Crippen molar-refractivity contribution in [3.8, 4) is 5.75 Å². The van der Waals surface area contributed by atoms with E-state index in [0.717, 1.165) is 5.56 Å². The second kappa shape index (κ2) is 5.16. The Labute approximate surface area is 100 Å². The van der Waals surface area contributed by atoms with E-state index in [0.29, 0.717) is 11.4 Å². The van der Waals surface area contributed by atoms with Crippen molar-refractivity contribution in [1.29, 1.82) is 0 Å². The molecule has 2 rings (SSSR count). The Kier molecular flexibility index (Phi) is 3.40. The minimum Gasteiger partial charge on any atom is -0.410 e. The summed E-state index contributed by atoms with van der Waals surface area (Å²) < 4.78 is 5.11. The highest BCUT2D eigenvalue weighted by Gasteiger charge is 2.05. The van der Waals surface area contributed by atoms with Crippen LogP contribution in [-0.2, 0) is 0 Å². The zero-order valence-electron chi connectivity index (χ0n) is 9.44. The predicted molar refractivity (Wildman–Crippen MR) is 66.1 cm³/mol. The monoisotopic (exact) mass is 226 g/mol. The number of hydrogen-bond acceptors (Lipinski definition) is 2. The number of amides is 1. The fraction of sp³-hybridized carbons (Fsp3) is 0.0714. The van der Waals surface area contributed by atoms with E-state index in [2.05, 4.69) is 11.4 Å². The highest BCUT2D eigenvalue weighted by molar-refractivity contribution is 5.87. The van der Waals surface area contributed by atoms with Gasteiger partial charge in [0.25, 0.3) is 0 Å². The van der Waals surface area contributed by atoms with Gasteiger partial charge in [-0.3, -0.25) is 5.32 Å². The van der Waals surface area contributed by atoms with E-state index in [1.54, 1.807) is 24.3 Å². The highest BCUT2D eigenvalue weighted by Crippen LogP contribution is 2.14. The SMILES string of the molecule is Cc1cc[c]cc1NC(=O)Oc1ccccc1. The maximum absolute atomic E-state index is 11.6. The summed E-state index contributed by atoms with van der Waals surface area (Å²) in [5.74, 6) is 0.516. The van der Waals surface area contributed by atoms with Crippen molar-refractivity contribution in [3.05, 3.63) is 60.2 Å². The second-order valence-corrected chi connectivity index (χ2v) is 3.57. The van der Waals surface area contributed by atoms with Gasteiger partial charge < -0.3 is 4.74 Å². The first-order chi connectivity index (χ1) is 8.25. The number of aryl methyl sites for hydroxylation is 1. The molecule has 0 heterocycles. The molecule has 0 unspecified atom stereocenters. The molecule has 0 aliphatic rings. The van der Waals surface area contributed by atoms with Gasteiger partial charge in [0, 0.05) is 5.69 Å². The smallest absolute Gasteiger partial charge is 0.410 e. The van der Waals surface area contributed by atoms with Crippen LogP contribution in [-0.4, -0.2) is 6.09 Å². The standard InChI is InChI=1S/C14H12NO2/c1-11-7-5-6-10-13(11)15-14(16)17-12-8-3-2-4-9-12/h2-5,7-10H,1H3,(H,15,16). The van der Waals surface area contributed by atoms with Gasteiger partial charge in [0.1, 0.15) is 5.75 Å². The molecule has 2 aromatic rings. The number of carbonyl (C=O) groups excluding carboxylic acids is 1. The van der Waals surface area contributed by atoms with Crippen LogP contribution in [0.2, 0.25) is 0 Å². The van der Waals surface area contributed by atoms with Gasteiger partial charge in [0.05, 0.1) is 0 Å². The molecular formula is C14H12NO2. The van der Waals surface area contributed by atoms with Crippen molar-refractivity contribution in [2.75, 3.05) is 5.32 Å². The van der Waals surface area contributed by atoms with Gasteiger partial charge >= 0.3 is 6.09 Å². The Balaban J connectivity index is 2.01. The van der Waals surface area contributed by atoms with Crippen LogP contribution in [0.1, 0.15) is 5.56 Å². The zero-order chi connectivity index (χ0) is 12.1. The molecule has 1 radical (unpaired) electrons. The largest absolute Gasteiger partial charge is 0.417 e. The normalized spacial score (nSPS) is 9.71. The maximum atomic E-state index is 11.6. The molecule has 1 N–H and O–H groups in total. The lowest BCUT2D eigenvalue weighted by Gasteiger charge is -2.08. The summed E-state index contributed by atoms with van der Waals surface area (Å²) in [6, 6.07) is 17.2. The lowest BCUT2D eigenvalue weighted by atomic mass is 10.2.